The number of nitrogens with zero attached hydrogens (tertiary/aromatic N) is 3. The number of ether oxygens (including phenoxy) is 3. The summed E-state index contributed by atoms with van der Waals surface area (Å²) in [7, 11) is -4.31. The maximum absolute atomic E-state index is 14.7. The molecule has 2 aromatic carbocycles. The highest BCUT2D eigenvalue weighted by molar-refractivity contribution is 7.89. The van der Waals surface area contributed by atoms with Crippen molar-refractivity contribution in [2.45, 2.75) is 136 Å². The summed E-state index contributed by atoms with van der Waals surface area (Å²) in [6.45, 7) is 24.8. The second kappa shape index (κ2) is 19.8. The third-order valence-corrected chi connectivity index (χ3v) is 10.5. The highest BCUT2D eigenvalue weighted by atomic mass is 32.2. The number of hydrogen-bond acceptors (Lipinski definition) is 10. The topological polar surface area (TPSA) is 185 Å². The molecule has 2 aromatic rings. The van der Waals surface area contributed by atoms with E-state index in [-0.39, 0.29) is 73.5 Å². The molecule has 58 heavy (non-hydrogen) atoms. The zero-order chi connectivity index (χ0) is 43.7. The van der Waals surface area contributed by atoms with Gasteiger partial charge in [-0.25, -0.2) is 27.8 Å². The Morgan fingerprint density at radius 1 is 0.759 bits per heavy atom. The maximum atomic E-state index is 14.7. The summed E-state index contributed by atoms with van der Waals surface area (Å²) in [4.78, 5) is 60.0. The Hall–Kier alpha value is -4.70. The number of guanidine groups is 1. The minimum absolute atomic E-state index is 0.0774. The molecule has 3 N–H and O–H groups in total. The van der Waals surface area contributed by atoms with Crippen LogP contribution in [-0.2, 0) is 35.4 Å². The van der Waals surface area contributed by atoms with Gasteiger partial charge in [0.25, 0.3) is 0 Å². The second-order valence-electron chi connectivity index (χ2n) is 17.3. The Morgan fingerprint density at radius 2 is 1.26 bits per heavy atom. The highest BCUT2D eigenvalue weighted by Gasteiger charge is 2.35. The van der Waals surface area contributed by atoms with E-state index >= 15 is 0 Å². The fraction of sp³-hybridized carbons (Fsp3) is 0.595. The van der Waals surface area contributed by atoms with Gasteiger partial charge < -0.3 is 24.0 Å². The highest BCUT2D eigenvalue weighted by Crippen LogP contribution is 2.35. The number of carbonyl (C=O) groups excluding carboxylic acids is 4. The molecule has 15 nitrogen and oxygen atoms in total. The van der Waals surface area contributed by atoms with Crippen LogP contribution in [0.15, 0.2) is 46.3 Å². The molecule has 16 heteroatoms. The van der Waals surface area contributed by atoms with Gasteiger partial charge in [-0.05, 0) is 107 Å². The van der Waals surface area contributed by atoms with Gasteiger partial charge in [-0.2, -0.15) is 4.72 Å². The van der Waals surface area contributed by atoms with Crippen LogP contribution in [-0.4, -0.2) is 98.4 Å². The number of nitrogens with one attached hydrogen (secondary N) is 3. The molecule has 0 aromatic heterocycles. The van der Waals surface area contributed by atoms with Gasteiger partial charge >= 0.3 is 18.3 Å². The molecule has 322 valence electrons. The lowest BCUT2D eigenvalue weighted by atomic mass is 9.89. The molecule has 1 unspecified atom stereocenters. The first kappa shape index (κ1) is 47.7. The van der Waals surface area contributed by atoms with Crippen LogP contribution in [0.2, 0.25) is 0 Å². The number of alkyl carbamates (subject to hydrolysis) is 2. The third-order valence-electron chi connectivity index (χ3n) is 8.89. The van der Waals surface area contributed by atoms with Gasteiger partial charge in [0.2, 0.25) is 21.9 Å². The molecular weight excluding hydrogens is 765 g/mol. The van der Waals surface area contributed by atoms with Crippen molar-refractivity contribution in [3.05, 3.63) is 58.7 Å². The standard InChI is InChI=1S/C42H64N6O9S/c1-14-55-40(52)48-20-18-47(19-21-48)36(49)34(46-58(53,54)35-32(27(4)5)24-30(26(2)3)25-33(35)28(6)7)23-29-16-15-17-31(22-29)43-37(44-38(50)56-41(8,9)10)45-39(51)57-42(11,12)13/h15-17,22,24-28,34,46H,14,18-21,23H2,1-13H3,(H2,43,44,45,50,51). The Bertz CT molecular complexity index is 1860. The molecule has 1 heterocycles. The lowest BCUT2D eigenvalue weighted by molar-refractivity contribution is -0.134. The van der Waals surface area contributed by atoms with Gasteiger partial charge in [0, 0.05) is 26.2 Å². The molecule has 1 atom stereocenters. The van der Waals surface area contributed by atoms with Crippen molar-refractivity contribution in [1.29, 1.82) is 0 Å². The monoisotopic (exact) mass is 828 g/mol. The predicted octanol–water partition coefficient (Wildman–Crippen LogP) is 7.28. The van der Waals surface area contributed by atoms with E-state index in [4.69, 9.17) is 14.2 Å². The molecule has 1 aliphatic rings. The molecule has 4 amide bonds. The first-order chi connectivity index (χ1) is 26.8. The van der Waals surface area contributed by atoms with Crippen molar-refractivity contribution in [3.8, 4) is 0 Å². The van der Waals surface area contributed by atoms with Gasteiger partial charge in [-0.1, -0.05) is 65.8 Å². The maximum Gasteiger partial charge on any atom is 0.414 e. The first-order valence-electron chi connectivity index (χ1n) is 19.9. The van der Waals surface area contributed by atoms with E-state index in [2.05, 4.69) is 34.2 Å². The van der Waals surface area contributed by atoms with Gasteiger partial charge in [0.05, 0.1) is 17.2 Å². The average molecular weight is 829 g/mol. The molecule has 3 rings (SSSR count). The zero-order valence-electron chi connectivity index (χ0n) is 36.4. The molecule has 1 aliphatic heterocycles. The molecule has 0 bridgehead atoms. The van der Waals surface area contributed by atoms with Crippen molar-refractivity contribution in [2.75, 3.05) is 32.8 Å². The minimum Gasteiger partial charge on any atom is -0.450 e. The second-order valence-corrected chi connectivity index (χ2v) is 18.9. The van der Waals surface area contributed by atoms with Crippen LogP contribution in [0, 0.1) is 0 Å². The van der Waals surface area contributed by atoms with Crippen LogP contribution in [0.25, 0.3) is 0 Å². The number of benzene rings is 2. The van der Waals surface area contributed by atoms with Crippen LogP contribution >= 0.6 is 0 Å². The van der Waals surface area contributed by atoms with Crippen LogP contribution in [0.4, 0.5) is 20.1 Å². The van der Waals surface area contributed by atoms with E-state index in [0.717, 1.165) is 5.56 Å². The minimum atomic E-state index is -4.31. The van der Waals surface area contributed by atoms with E-state index in [1.54, 1.807) is 77.6 Å². The van der Waals surface area contributed by atoms with Crippen LogP contribution in [0.5, 0.6) is 0 Å². The first-order valence-corrected chi connectivity index (χ1v) is 21.4. The number of carbonyl (C=O) groups is 4. The summed E-state index contributed by atoms with van der Waals surface area (Å²) in [5.74, 6) is -0.853. The third kappa shape index (κ3) is 14.3. The molecule has 1 fully saturated rings. The van der Waals surface area contributed by atoms with Crippen molar-refractivity contribution < 1.29 is 41.8 Å². The lowest BCUT2D eigenvalue weighted by Gasteiger charge is -2.36. The molecule has 0 saturated carbocycles. The van der Waals surface area contributed by atoms with Gasteiger partial charge in [-0.3, -0.25) is 15.4 Å². The average Bonchev–Trinajstić information content (AvgIpc) is 3.08. The fourth-order valence-corrected chi connectivity index (χ4v) is 8.06. The number of piperazine rings is 1. The van der Waals surface area contributed by atoms with E-state index in [1.165, 1.54) is 4.90 Å². The quantitative estimate of drug-likeness (QED) is 0.119. The summed E-state index contributed by atoms with van der Waals surface area (Å²) >= 11 is 0. The van der Waals surface area contributed by atoms with Crippen molar-refractivity contribution in [3.63, 3.8) is 0 Å². The van der Waals surface area contributed by atoms with Crippen LogP contribution in [0.1, 0.15) is 130 Å². The van der Waals surface area contributed by atoms with Gasteiger partial charge in [-0.15, -0.1) is 0 Å². The number of rotatable bonds is 11. The van der Waals surface area contributed by atoms with Crippen LogP contribution < -0.4 is 15.4 Å². The van der Waals surface area contributed by atoms with E-state index in [0.29, 0.717) is 16.7 Å². The number of aliphatic imine (C=N–C) groups is 1. The Morgan fingerprint density at radius 3 is 1.71 bits per heavy atom. The lowest BCUT2D eigenvalue weighted by Crippen LogP contribution is -2.56. The summed E-state index contributed by atoms with van der Waals surface area (Å²) in [6, 6.07) is 9.25. The summed E-state index contributed by atoms with van der Waals surface area (Å²) in [5, 5.41) is 4.91. The van der Waals surface area contributed by atoms with Gasteiger partial charge in [0.1, 0.15) is 17.2 Å². The van der Waals surface area contributed by atoms with Crippen molar-refractivity contribution >= 4 is 45.9 Å². The summed E-state index contributed by atoms with van der Waals surface area (Å²) < 4.78 is 48.1. The normalized spacial score (nSPS) is 14.3. The smallest absolute Gasteiger partial charge is 0.414 e. The predicted molar refractivity (Wildman–Crippen MR) is 224 cm³/mol. The molecule has 0 spiro atoms. The Labute approximate surface area is 344 Å². The van der Waals surface area contributed by atoms with Gasteiger partial charge in [0.15, 0.2) is 0 Å². The van der Waals surface area contributed by atoms with Crippen molar-refractivity contribution in [1.82, 2.24) is 25.2 Å². The summed E-state index contributed by atoms with van der Waals surface area (Å²) in [6.07, 6.45) is -2.29. The van der Waals surface area contributed by atoms with Crippen molar-refractivity contribution in [2.24, 2.45) is 4.99 Å². The molecule has 0 radical (unpaired) electrons. The molecule has 0 aliphatic carbocycles. The van der Waals surface area contributed by atoms with Crippen LogP contribution in [0.3, 0.4) is 0 Å². The largest absolute Gasteiger partial charge is 0.450 e. The SMILES string of the molecule is CCOC(=O)N1CCN(C(=O)C(Cc2cccc(N=C(NC(=O)OC(C)(C)C)NC(=O)OC(C)(C)C)c2)NS(=O)(=O)c2c(C(C)C)cc(C(C)C)cc2C(C)C)CC1. The fourth-order valence-electron chi connectivity index (χ4n) is 6.18. The van der Waals surface area contributed by atoms with E-state index in [1.807, 2.05) is 39.8 Å². The van der Waals surface area contributed by atoms with E-state index < -0.39 is 51.5 Å². The number of amides is 4. The molecular formula is C42H64N6O9S. The number of hydrogen-bond donors (Lipinski definition) is 3. The summed E-state index contributed by atoms with van der Waals surface area (Å²) in [5.41, 5.74) is 1.46. The zero-order valence-corrected chi connectivity index (χ0v) is 37.3. The molecule has 1 saturated heterocycles. The Balaban J connectivity index is 2.10. The number of sulfonamides is 1. The van der Waals surface area contributed by atoms with E-state index in [9.17, 15) is 27.6 Å². The Kier molecular flexibility index (Phi) is 16.3.